The molecule has 4 nitrogen and oxygen atoms in total. The molecule has 1 aliphatic rings. The van der Waals surface area contributed by atoms with Crippen LogP contribution >= 0.6 is 11.6 Å². The molecule has 2 heterocycles. The summed E-state index contributed by atoms with van der Waals surface area (Å²) in [5, 5.41) is 14.0. The van der Waals surface area contributed by atoms with Crippen molar-refractivity contribution < 1.29 is 4.74 Å². The van der Waals surface area contributed by atoms with E-state index in [4.69, 9.17) is 16.3 Å². The molecule has 2 unspecified atom stereocenters. The highest BCUT2D eigenvalue weighted by atomic mass is 35.5. The van der Waals surface area contributed by atoms with Crippen molar-refractivity contribution in [3.8, 4) is 0 Å². The summed E-state index contributed by atoms with van der Waals surface area (Å²) in [5.41, 5.74) is 0. The molecular weight excluding hydrogens is 274 g/mol. The van der Waals surface area contributed by atoms with E-state index in [9.17, 15) is 0 Å². The molecule has 0 radical (unpaired) electrons. The number of ether oxygens (including phenoxy) is 1. The Balaban J connectivity index is 1.79. The zero-order chi connectivity index (χ0) is 13.9. The first-order valence-corrected chi connectivity index (χ1v) is 7.43. The summed E-state index contributed by atoms with van der Waals surface area (Å²) in [6.07, 6.45) is 2.51. The third kappa shape index (κ3) is 2.58. The molecule has 0 amide bonds. The largest absolute Gasteiger partial charge is 0.378 e. The molecule has 0 saturated carbocycles. The van der Waals surface area contributed by atoms with E-state index in [1.54, 1.807) is 0 Å². The van der Waals surface area contributed by atoms with Gasteiger partial charge in [-0.05, 0) is 12.8 Å². The van der Waals surface area contributed by atoms with E-state index in [1.807, 2.05) is 24.3 Å². The number of nitrogens with zero attached hydrogens (tertiary/aromatic N) is 2. The molecule has 1 fully saturated rings. The van der Waals surface area contributed by atoms with Crippen molar-refractivity contribution in [2.75, 3.05) is 18.5 Å². The van der Waals surface area contributed by atoms with Gasteiger partial charge in [0.25, 0.3) is 0 Å². The highest BCUT2D eigenvalue weighted by Gasteiger charge is 2.26. The van der Waals surface area contributed by atoms with Crippen molar-refractivity contribution in [3.05, 3.63) is 29.4 Å². The maximum atomic E-state index is 6.08. The molecule has 5 heteroatoms. The van der Waals surface area contributed by atoms with E-state index in [2.05, 4.69) is 22.4 Å². The van der Waals surface area contributed by atoms with E-state index in [0.717, 1.165) is 42.6 Å². The van der Waals surface area contributed by atoms with Gasteiger partial charge in [0, 0.05) is 29.8 Å². The number of aromatic nitrogens is 2. The summed E-state index contributed by atoms with van der Waals surface area (Å²) < 4.78 is 5.71. The lowest BCUT2D eigenvalue weighted by molar-refractivity contribution is 0.0900. The zero-order valence-corrected chi connectivity index (χ0v) is 12.2. The van der Waals surface area contributed by atoms with Crippen molar-refractivity contribution >= 4 is 28.2 Å². The number of benzene rings is 1. The van der Waals surface area contributed by atoms with Gasteiger partial charge in [-0.1, -0.05) is 42.8 Å². The topological polar surface area (TPSA) is 47.0 Å². The summed E-state index contributed by atoms with van der Waals surface area (Å²) in [4.78, 5) is 0. The molecule has 1 N–H and O–H groups in total. The molecule has 0 aliphatic carbocycles. The van der Waals surface area contributed by atoms with E-state index < -0.39 is 0 Å². The van der Waals surface area contributed by atoms with Crippen LogP contribution in [0.1, 0.15) is 19.8 Å². The van der Waals surface area contributed by atoms with Crippen LogP contribution in [0.15, 0.2) is 24.3 Å². The Morgan fingerprint density at radius 2 is 2.10 bits per heavy atom. The monoisotopic (exact) mass is 291 g/mol. The molecule has 20 heavy (non-hydrogen) atoms. The number of anilines is 1. The highest BCUT2D eigenvalue weighted by Crippen LogP contribution is 2.27. The lowest BCUT2D eigenvalue weighted by Gasteiger charge is -2.18. The molecule has 2 aromatic rings. The maximum absolute atomic E-state index is 6.08. The van der Waals surface area contributed by atoms with Crippen LogP contribution in [0.3, 0.4) is 0 Å². The molecule has 1 saturated heterocycles. The molecule has 106 valence electrons. The number of rotatable bonds is 4. The molecule has 1 aliphatic heterocycles. The average Bonchev–Trinajstić information content (AvgIpc) is 2.94. The van der Waals surface area contributed by atoms with Crippen LogP contribution in [0.4, 0.5) is 5.82 Å². The van der Waals surface area contributed by atoms with E-state index in [-0.39, 0.29) is 0 Å². The van der Waals surface area contributed by atoms with Crippen LogP contribution in [0, 0.1) is 5.92 Å². The summed E-state index contributed by atoms with van der Waals surface area (Å²) in [6.45, 7) is 3.89. The fourth-order valence-electron chi connectivity index (χ4n) is 2.81. The Kier molecular flexibility index (Phi) is 4.03. The number of fused-ring (bicyclic) bond motifs is 1. The Labute approximate surface area is 123 Å². The van der Waals surface area contributed by atoms with Gasteiger partial charge in [-0.3, -0.25) is 0 Å². The van der Waals surface area contributed by atoms with E-state index in [0.29, 0.717) is 17.2 Å². The number of nitrogens with one attached hydrogen (secondary N) is 1. The van der Waals surface area contributed by atoms with Gasteiger partial charge in [0.15, 0.2) is 11.0 Å². The van der Waals surface area contributed by atoms with E-state index >= 15 is 0 Å². The first kappa shape index (κ1) is 13.6. The predicted octanol–water partition coefficient (Wildman–Crippen LogP) is 3.51. The quantitative estimate of drug-likeness (QED) is 0.936. The lowest BCUT2D eigenvalue weighted by atomic mass is 9.99. The molecular formula is C15H18ClN3O. The fourth-order valence-corrected chi connectivity index (χ4v) is 3.01. The van der Waals surface area contributed by atoms with Gasteiger partial charge in [0.05, 0.1) is 6.10 Å². The number of halogens is 1. The zero-order valence-electron chi connectivity index (χ0n) is 11.5. The van der Waals surface area contributed by atoms with Gasteiger partial charge in [-0.15, -0.1) is 10.2 Å². The summed E-state index contributed by atoms with van der Waals surface area (Å²) in [5.74, 6) is 1.34. The first-order chi connectivity index (χ1) is 9.79. The van der Waals surface area contributed by atoms with Gasteiger partial charge in [0.1, 0.15) is 0 Å². The van der Waals surface area contributed by atoms with Crippen molar-refractivity contribution in [1.29, 1.82) is 0 Å². The maximum Gasteiger partial charge on any atom is 0.159 e. The SMILES string of the molecule is CCC1OCCC1CNc1nnc(Cl)c2ccccc12. The van der Waals surface area contributed by atoms with Gasteiger partial charge < -0.3 is 10.1 Å². The Morgan fingerprint density at radius 3 is 2.90 bits per heavy atom. The van der Waals surface area contributed by atoms with Gasteiger partial charge in [-0.2, -0.15) is 0 Å². The number of hydrogen-bond donors (Lipinski definition) is 1. The minimum absolute atomic E-state index is 0.356. The van der Waals surface area contributed by atoms with Gasteiger partial charge >= 0.3 is 0 Å². The molecule has 1 aromatic carbocycles. The van der Waals surface area contributed by atoms with Crippen LogP contribution in [-0.2, 0) is 4.74 Å². The van der Waals surface area contributed by atoms with Crippen LogP contribution in [0.2, 0.25) is 5.15 Å². The standard InChI is InChI=1S/C15H18ClN3O/c1-2-13-10(7-8-20-13)9-17-15-12-6-4-3-5-11(12)14(16)18-19-15/h3-6,10,13H,2,7-9H2,1H3,(H,17,19). The van der Waals surface area contributed by atoms with Gasteiger partial charge in [-0.25, -0.2) is 0 Å². The Morgan fingerprint density at radius 1 is 1.30 bits per heavy atom. The average molecular weight is 292 g/mol. The van der Waals surface area contributed by atoms with Crippen LogP contribution in [-0.4, -0.2) is 29.5 Å². The summed E-state index contributed by atoms with van der Waals surface area (Å²) in [6, 6.07) is 7.92. The van der Waals surface area contributed by atoms with Crippen molar-refractivity contribution in [2.45, 2.75) is 25.9 Å². The minimum atomic E-state index is 0.356. The van der Waals surface area contributed by atoms with Crippen LogP contribution in [0.25, 0.3) is 10.8 Å². The molecule has 0 spiro atoms. The third-order valence-corrected chi connectivity index (χ3v) is 4.20. The Hall–Kier alpha value is -1.39. The minimum Gasteiger partial charge on any atom is -0.378 e. The second-order valence-electron chi connectivity index (χ2n) is 5.13. The van der Waals surface area contributed by atoms with Crippen molar-refractivity contribution in [1.82, 2.24) is 10.2 Å². The van der Waals surface area contributed by atoms with Crippen molar-refractivity contribution in [2.24, 2.45) is 5.92 Å². The summed E-state index contributed by atoms with van der Waals surface area (Å²) >= 11 is 6.08. The fraction of sp³-hybridized carbons (Fsp3) is 0.467. The predicted molar refractivity (Wildman–Crippen MR) is 81.2 cm³/mol. The molecule has 1 aromatic heterocycles. The lowest BCUT2D eigenvalue weighted by Crippen LogP contribution is -2.23. The van der Waals surface area contributed by atoms with Gasteiger partial charge in [0.2, 0.25) is 0 Å². The van der Waals surface area contributed by atoms with Crippen LogP contribution in [0.5, 0.6) is 0 Å². The summed E-state index contributed by atoms with van der Waals surface area (Å²) in [7, 11) is 0. The molecule has 3 rings (SSSR count). The normalized spacial score (nSPS) is 22.3. The smallest absolute Gasteiger partial charge is 0.159 e. The van der Waals surface area contributed by atoms with Crippen molar-refractivity contribution in [3.63, 3.8) is 0 Å². The second-order valence-corrected chi connectivity index (χ2v) is 5.49. The Bertz CT molecular complexity index is 605. The second kappa shape index (κ2) is 5.94. The first-order valence-electron chi connectivity index (χ1n) is 7.06. The number of hydrogen-bond acceptors (Lipinski definition) is 4. The van der Waals surface area contributed by atoms with Crippen LogP contribution < -0.4 is 5.32 Å². The highest BCUT2D eigenvalue weighted by molar-refractivity contribution is 6.34. The molecule has 0 bridgehead atoms. The molecule has 2 atom stereocenters. The van der Waals surface area contributed by atoms with E-state index in [1.165, 1.54) is 0 Å². The third-order valence-electron chi connectivity index (χ3n) is 3.92.